The molecule has 0 saturated carbocycles. The Kier molecular flexibility index (Phi) is 12.2. The van der Waals surface area contributed by atoms with Crippen molar-refractivity contribution in [2.45, 2.75) is 20.3 Å². The van der Waals surface area contributed by atoms with E-state index in [0.717, 1.165) is 18.8 Å². The van der Waals surface area contributed by atoms with E-state index >= 15 is 0 Å². The summed E-state index contributed by atoms with van der Waals surface area (Å²) in [5, 5.41) is 0. The minimum Gasteiger partial charge on any atom is -0.494 e. The molecule has 0 aliphatic heterocycles. The maximum absolute atomic E-state index is 5.50. The predicted molar refractivity (Wildman–Crippen MR) is 70.6 cm³/mol. The van der Waals surface area contributed by atoms with Crippen LogP contribution in [0, 0.1) is 0 Å². The third kappa shape index (κ3) is 9.85. The lowest BCUT2D eigenvalue weighted by molar-refractivity contribution is 0.0644. The van der Waals surface area contributed by atoms with Crippen molar-refractivity contribution < 1.29 is 14.2 Å². The van der Waals surface area contributed by atoms with Gasteiger partial charge < -0.3 is 14.2 Å². The molecule has 1 aromatic carbocycles. The van der Waals surface area contributed by atoms with Gasteiger partial charge in [-0.25, -0.2) is 0 Å². The molecular formula is C14H24O3. The van der Waals surface area contributed by atoms with Gasteiger partial charge in [-0.3, -0.25) is 0 Å². The van der Waals surface area contributed by atoms with E-state index < -0.39 is 0 Å². The molecule has 0 radical (unpaired) electrons. The van der Waals surface area contributed by atoms with Crippen LogP contribution in [-0.4, -0.2) is 33.5 Å². The molecule has 0 amide bonds. The molecule has 98 valence electrons. The van der Waals surface area contributed by atoms with E-state index in [0.29, 0.717) is 19.8 Å². The van der Waals surface area contributed by atoms with Gasteiger partial charge in [-0.05, 0) is 12.1 Å². The van der Waals surface area contributed by atoms with Crippen molar-refractivity contribution in [3.05, 3.63) is 30.3 Å². The Bertz CT molecular complexity index is 236. The second kappa shape index (κ2) is 13.0. The highest BCUT2D eigenvalue weighted by Gasteiger charge is 1.92. The normalized spacial score (nSPS) is 9.35. The molecule has 3 nitrogen and oxygen atoms in total. The summed E-state index contributed by atoms with van der Waals surface area (Å²) in [5.41, 5.74) is 0. The van der Waals surface area contributed by atoms with Crippen LogP contribution in [0.4, 0.5) is 0 Å². The van der Waals surface area contributed by atoms with Crippen LogP contribution in [0.3, 0.4) is 0 Å². The summed E-state index contributed by atoms with van der Waals surface area (Å²) in [4.78, 5) is 0. The molecule has 0 atom stereocenters. The fourth-order valence-corrected chi connectivity index (χ4v) is 1.11. The first-order valence-corrected chi connectivity index (χ1v) is 6.18. The first-order valence-electron chi connectivity index (χ1n) is 6.18. The number of hydrogen-bond acceptors (Lipinski definition) is 3. The van der Waals surface area contributed by atoms with E-state index in [-0.39, 0.29) is 0 Å². The van der Waals surface area contributed by atoms with E-state index in [1.165, 1.54) is 0 Å². The lowest BCUT2D eigenvalue weighted by Gasteiger charge is -2.06. The molecule has 1 aromatic rings. The third-order valence-electron chi connectivity index (χ3n) is 1.88. The minimum absolute atomic E-state index is 0.652. The number of para-hydroxylation sites is 1. The molecule has 0 N–H and O–H groups in total. The number of benzene rings is 1. The lowest BCUT2D eigenvalue weighted by atomic mass is 10.3. The summed E-state index contributed by atoms with van der Waals surface area (Å²) in [6, 6.07) is 9.80. The number of hydrogen-bond donors (Lipinski definition) is 0. The molecule has 0 saturated heterocycles. The average Bonchev–Trinajstić information content (AvgIpc) is 2.41. The number of methoxy groups -OCH3 is 1. The molecule has 1 rings (SSSR count). The maximum Gasteiger partial charge on any atom is 0.119 e. The van der Waals surface area contributed by atoms with Crippen LogP contribution in [-0.2, 0) is 9.47 Å². The van der Waals surface area contributed by atoms with Gasteiger partial charge in [0.1, 0.15) is 5.75 Å². The van der Waals surface area contributed by atoms with Crippen molar-refractivity contribution in [1.29, 1.82) is 0 Å². The smallest absolute Gasteiger partial charge is 0.119 e. The van der Waals surface area contributed by atoms with Gasteiger partial charge in [0.05, 0.1) is 19.8 Å². The standard InChI is InChI=1S/C12H18O3.C2H6/c1-13-10-11-14-8-5-9-15-12-6-3-2-4-7-12;1-2/h2-4,6-7H,5,8-11H2,1H3;1-2H3. The molecular weight excluding hydrogens is 216 g/mol. The Morgan fingerprint density at radius 2 is 1.59 bits per heavy atom. The summed E-state index contributed by atoms with van der Waals surface area (Å²) in [5.74, 6) is 0.911. The monoisotopic (exact) mass is 240 g/mol. The first kappa shape index (κ1) is 15.9. The predicted octanol–water partition coefficient (Wildman–Crippen LogP) is 3.14. The molecule has 0 fully saturated rings. The van der Waals surface area contributed by atoms with Gasteiger partial charge in [-0.2, -0.15) is 0 Å². The van der Waals surface area contributed by atoms with Gasteiger partial charge in [0.25, 0.3) is 0 Å². The zero-order valence-electron chi connectivity index (χ0n) is 11.1. The fraction of sp³-hybridized carbons (Fsp3) is 0.571. The first-order chi connectivity index (χ1) is 8.43. The van der Waals surface area contributed by atoms with Crippen molar-refractivity contribution in [2.75, 3.05) is 33.5 Å². The molecule has 0 aliphatic rings. The van der Waals surface area contributed by atoms with Crippen molar-refractivity contribution in [3.8, 4) is 5.75 Å². The largest absolute Gasteiger partial charge is 0.494 e. The summed E-state index contributed by atoms with van der Waals surface area (Å²) >= 11 is 0. The Morgan fingerprint density at radius 1 is 0.882 bits per heavy atom. The van der Waals surface area contributed by atoms with Crippen LogP contribution >= 0.6 is 0 Å². The minimum atomic E-state index is 0.652. The zero-order valence-corrected chi connectivity index (χ0v) is 11.1. The Hall–Kier alpha value is -1.06. The van der Waals surface area contributed by atoms with Gasteiger partial charge in [0, 0.05) is 20.1 Å². The van der Waals surface area contributed by atoms with Crippen LogP contribution in [0.5, 0.6) is 5.75 Å². The molecule has 0 bridgehead atoms. The van der Waals surface area contributed by atoms with E-state index in [1.54, 1.807) is 7.11 Å². The van der Waals surface area contributed by atoms with E-state index in [9.17, 15) is 0 Å². The molecule has 17 heavy (non-hydrogen) atoms. The van der Waals surface area contributed by atoms with Crippen molar-refractivity contribution in [2.24, 2.45) is 0 Å². The van der Waals surface area contributed by atoms with E-state index in [1.807, 2.05) is 44.2 Å². The highest BCUT2D eigenvalue weighted by molar-refractivity contribution is 5.20. The summed E-state index contributed by atoms with van der Waals surface area (Å²) in [6.07, 6.45) is 0.901. The Labute approximate surface area is 105 Å². The Balaban J connectivity index is 0.00000121. The third-order valence-corrected chi connectivity index (χ3v) is 1.88. The van der Waals surface area contributed by atoms with Crippen molar-refractivity contribution in [1.82, 2.24) is 0 Å². The SMILES string of the molecule is CC.COCCOCCCOc1ccccc1. The highest BCUT2D eigenvalue weighted by atomic mass is 16.5. The maximum atomic E-state index is 5.50. The zero-order chi connectivity index (χ0) is 12.8. The lowest BCUT2D eigenvalue weighted by Crippen LogP contribution is -2.06. The van der Waals surface area contributed by atoms with Gasteiger partial charge in [-0.1, -0.05) is 32.0 Å². The van der Waals surface area contributed by atoms with E-state index in [2.05, 4.69) is 0 Å². The van der Waals surface area contributed by atoms with Gasteiger partial charge in [-0.15, -0.1) is 0 Å². The van der Waals surface area contributed by atoms with Crippen molar-refractivity contribution >= 4 is 0 Å². The summed E-state index contributed by atoms with van der Waals surface area (Å²) in [7, 11) is 1.67. The van der Waals surface area contributed by atoms with Crippen LogP contribution in [0.25, 0.3) is 0 Å². The van der Waals surface area contributed by atoms with Crippen LogP contribution in [0.15, 0.2) is 30.3 Å². The van der Waals surface area contributed by atoms with Crippen LogP contribution in [0.1, 0.15) is 20.3 Å². The second-order valence-corrected chi connectivity index (χ2v) is 3.12. The second-order valence-electron chi connectivity index (χ2n) is 3.12. The molecule has 0 aliphatic carbocycles. The van der Waals surface area contributed by atoms with Gasteiger partial charge >= 0.3 is 0 Å². The summed E-state index contributed by atoms with van der Waals surface area (Å²) in [6.45, 7) is 6.72. The van der Waals surface area contributed by atoms with Crippen LogP contribution in [0.2, 0.25) is 0 Å². The van der Waals surface area contributed by atoms with Gasteiger partial charge in [0.15, 0.2) is 0 Å². The number of ether oxygens (including phenoxy) is 3. The summed E-state index contributed by atoms with van der Waals surface area (Å²) < 4.78 is 15.7. The average molecular weight is 240 g/mol. The fourth-order valence-electron chi connectivity index (χ4n) is 1.11. The number of rotatable bonds is 8. The quantitative estimate of drug-likeness (QED) is 0.653. The highest BCUT2D eigenvalue weighted by Crippen LogP contribution is 2.08. The molecule has 0 heterocycles. The van der Waals surface area contributed by atoms with Crippen molar-refractivity contribution in [3.63, 3.8) is 0 Å². The van der Waals surface area contributed by atoms with E-state index in [4.69, 9.17) is 14.2 Å². The Morgan fingerprint density at radius 3 is 2.24 bits per heavy atom. The topological polar surface area (TPSA) is 27.7 Å². The van der Waals surface area contributed by atoms with Gasteiger partial charge in [0.2, 0.25) is 0 Å². The molecule has 0 spiro atoms. The van der Waals surface area contributed by atoms with Crippen LogP contribution < -0.4 is 4.74 Å². The molecule has 0 unspecified atom stereocenters. The molecule has 3 heteroatoms. The molecule has 0 aromatic heterocycles.